The molecule has 0 unspecified atom stereocenters. The zero-order valence-electron chi connectivity index (χ0n) is 68.9. The van der Waals surface area contributed by atoms with Crippen LogP contribution in [0.2, 0.25) is 0 Å². The second kappa shape index (κ2) is 32.9. The highest BCUT2D eigenvalue weighted by atomic mass is 15.2. The molecule has 0 atom stereocenters. The third kappa shape index (κ3) is 16.0. The van der Waals surface area contributed by atoms with Crippen molar-refractivity contribution in [2.45, 2.75) is 79.1 Å². The lowest BCUT2D eigenvalue weighted by molar-refractivity contribution is -0.670. The summed E-state index contributed by atoms with van der Waals surface area (Å²) in [6.45, 7) is 22.0. The summed E-state index contributed by atoms with van der Waals surface area (Å²) in [6, 6.07) is 55.3. The number of hydrogen-bond donors (Lipinski definition) is 0. The molecule has 23 heteroatoms. The summed E-state index contributed by atoms with van der Waals surface area (Å²) < 4.78 is 33.0. The van der Waals surface area contributed by atoms with Crippen LogP contribution in [0.4, 0.5) is 0 Å². The van der Waals surface area contributed by atoms with Gasteiger partial charge in [-0.25, -0.2) is 45.7 Å². The summed E-state index contributed by atoms with van der Waals surface area (Å²) in [6.07, 6.45) is 41.4. The minimum absolute atomic E-state index is 0.273. The molecule has 0 fully saturated rings. The van der Waals surface area contributed by atoms with Crippen molar-refractivity contribution in [1.29, 1.82) is 0 Å². The maximum atomic E-state index is 5.31. The smallest absolute Gasteiger partial charge is 0.251 e. The monoisotopic (exact) mass is 1540 g/mol. The Kier molecular flexibility index (Phi) is 21.9. The molecule has 18 aromatic rings. The first-order valence-corrected chi connectivity index (χ1v) is 39.2. The van der Waals surface area contributed by atoms with Crippen molar-refractivity contribution in [2.75, 3.05) is 0 Å². The van der Waals surface area contributed by atoms with E-state index in [9.17, 15) is 0 Å². The lowest BCUT2D eigenvalue weighted by Gasteiger charge is -2.21. The molecule has 0 spiro atoms. The highest BCUT2D eigenvalue weighted by molar-refractivity contribution is 5.79. The summed E-state index contributed by atoms with van der Waals surface area (Å²) in [4.78, 5) is 33.9. The number of fused-ring (bicyclic) bond motifs is 3. The summed E-state index contributed by atoms with van der Waals surface area (Å²) in [5.74, 6) is 7.69. The SMILES string of the molecule is C=Cc1c[n+](C)cn1-c1cc(-n2c[n+](C)c3ccccc32)nc(-c2c(C(C)C)cc(-c3ccccc3)cc2C(C)C)n1.CC(C)c1cccc(C(C)C)c1-c1nc(-n2c[n+](C)c3ccccc32)cc(-n2c[n+](C)c3ccccc32)n1.C[n+]1ccn(-c2cc(-n3cc[n+](C)c3)ncn2)c1.C[n+]1ccn(-c2cncc(-n3cc[n+](C)c3)c2)c1. The lowest BCUT2D eigenvalue weighted by Crippen LogP contribution is -2.25. The van der Waals surface area contributed by atoms with Gasteiger partial charge in [0.1, 0.15) is 62.1 Å². The molecule has 0 bridgehead atoms. The molecule has 12 aromatic heterocycles. The zero-order valence-corrected chi connectivity index (χ0v) is 68.9. The third-order valence-electron chi connectivity index (χ3n) is 20.9. The van der Waals surface area contributed by atoms with Gasteiger partial charge in [-0.15, -0.1) is 0 Å². The maximum Gasteiger partial charge on any atom is 0.251 e. The van der Waals surface area contributed by atoms with Gasteiger partial charge in [0.15, 0.2) is 61.8 Å². The molecular weight excluding hydrogens is 1440 g/mol. The molecular formula is C93H101N23+8. The molecule has 116 heavy (non-hydrogen) atoms. The van der Waals surface area contributed by atoms with Crippen molar-refractivity contribution in [3.63, 3.8) is 0 Å². The van der Waals surface area contributed by atoms with E-state index in [0.717, 1.165) is 108 Å². The van der Waals surface area contributed by atoms with Gasteiger partial charge >= 0.3 is 0 Å². The summed E-state index contributed by atoms with van der Waals surface area (Å²) in [5.41, 5.74) is 19.5. The highest BCUT2D eigenvalue weighted by Gasteiger charge is 2.30. The average molecular weight is 1540 g/mol. The fourth-order valence-corrected chi connectivity index (χ4v) is 15.0. The van der Waals surface area contributed by atoms with E-state index in [-0.39, 0.29) is 11.8 Å². The van der Waals surface area contributed by atoms with Crippen molar-refractivity contribution >= 4 is 39.2 Å². The number of aryl methyl sites for hydroxylation is 8. The molecule has 0 amide bonds. The largest absolute Gasteiger partial charge is 0.256 e. The molecule has 23 nitrogen and oxygen atoms in total. The van der Waals surface area contributed by atoms with Crippen molar-refractivity contribution < 1.29 is 36.5 Å². The molecule has 0 aliphatic heterocycles. The molecule has 0 aliphatic carbocycles. The first-order chi connectivity index (χ1) is 56.0. The summed E-state index contributed by atoms with van der Waals surface area (Å²) in [5, 5.41) is 0. The predicted octanol–water partition coefficient (Wildman–Crippen LogP) is 13.0. The van der Waals surface area contributed by atoms with Gasteiger partial charge in [0.25, 0.3) is 25.3 Å². The molecule has 18 rings (SSSR count). The number of nitrogens with zero attached hydrogens (tertiary/aromatic N) is 23. The van der Waals surface area contributed by atoms with E-state index in [1.54, 1.807) is 6.33 Å². The first-order valence-electron chi connectivity index (χ1n) is 39.2. The van der Waals surface area contributed by atoms with Gasteiger partial charge in [0.2, 0.25) is 60.2 Å². The summed E-state index contributed by atoms with van der Waals surface area (Å²) in [7, 11) is 16.2. The van der Waals surface area contributed by atoms with Crippen molar-refractivity contribution in [1.82, 2.24) is 71.4 Å². The lowest BCUT2D eigenvalue weighted by atomic mass is 9.85. The number of rotatable bonds is 16. The Labute approximate surface area is 676 Å². The minimum Gasteiger partial charge on any atom is -0.256 e. The van der Waals surface area contributed by atoms with E-state index < -0.39 is 0 Å². The van der Waals surface area contributed by atoms with E-state index in [2.05, 4.69) is 301 Å². The number of imidazole rings is 8. The standard InChI is InChI=1S/C36H38N6.C32H34N6.C13H15N5.C12H14N6/c1-8-28-21-39(6)22-41(28)33-20-34(42-23-40(7)31-16-12-13-17-32(31)42)38-36(37-33)35-29(24(2)3)18-27(19-30(35)25(4)5)26-14-10-9-11-15-26;1-21(2)23-12-11-13-24(22(3)4)31(23)32-33-29(37-19-35(5)25-14-7-9-16-27(25)37)18-30(34-32)38-20-36(6)26-15-8-10-17-28(26)38;1-15-3-5-17(10-15)12-7-13(9-14-8-12)18-6-4-16(2)11-18;1-15-3-5-17(9-15)11-7-12(14-8-13-11)18-6-4-16(2)10-18/h8-25H,1H2,2-7H3;7-22H,1-6H3;3-11H,1-2H3;3-10H,1-2H3/q4*+2. The zero-order chi connectivity index (χ0) is 81.2. The average Bonchev–Trinajstić information content (AvgIpc) is 1.33. The van der Waals surface area contributed by atoms with Crippen LogP contribution in [-0.4, -0.2) is 71.4 Å². The molecule has 0 saturated heterocycles. The van der Waals surface area contributed by atoms with Crippen LogP contribution in [0, 0.1) is 0 Å². The predicted molar refractivity (Wildman–Crippen MR) is 450 cm³/mol. The fraction of sp³-hybridized carbons (Fsp3) is 0.215. The Hall–Kier alpha value is -14.1. The van der Waals surface area contributed by atoms with Gasteiger partial charge in [-0.2, -0.15) is 57.3 Å². The molecule has 0 aliphatic rings. The second-order valence-corrected chi connectivity index (χ2v) is 30.9. The molecule has 0 radical (unpaired) electrons. The van der Waals surface area contributed by atoms with Crippen LogP contribution in [-0.2, 0) is 56.4 Å². The summed E-state index contributed by atoms with van der Waals surface area (Å²) >= 11 is 0. The molecule has 0 saturated carbocycles. The van der Waals surface area contributed by atoms with Crippen molar-refractivity contribution in [3.8, 4) is 80.2 Å². The first kappa shape index (κ1) is 77.2. The number of benzene rings is 6. The number of para-hydroxylation sites is 6. The second-order valence-electron chi connectivity index (χ2n) is 30.9. The van der Waals surface area contributed by atoms with Crippen LogP contribution in [0.25, 0.3) is 119 Å². The van der Waals surface area contributed by atoms with E-state index in [0.29, 0.717) is 11.8 Å². The third-order valence-corrected chi connectivity index (χ3v) is 20.9. The number of aromatic nitrogens is 23. The van der Waals surface area contributed by atoms with Gasteiger partial charge in [-0.05, 0) is 99.5 Å². The van der Waals surface area contributed by atoms with E-state index in [1.807, 2.05) is 188 Å². The quantitative estimate of drug-likeness (QED) is 0.0870. The maximum absolute atomic E-state index is 5.31. The van der Waals surface area contributed by atoms with E-state index >= 15 is 0 Å². The van der Waals surface area contributed by atoms with Gasteiger partial charge in [-0.1, -0.05) is 159 Å². The Morgan fingerprint density at radius 3 is 1.08 bits per heavy atom. The van der Waals surface area contributed by atoms with Crippen LogP contribution < -0.4 is 36.5 Å². The van der Waals surface area contributed by atoms with Gasteiger partial charge < -0.3 is 0 Å². The van der Waals surface area contributed by atoms with Crippen LogP contribution in [0.1, 0.15) is 107 Å². The number of pyridine rings is 1. The highest BCUT2D eigenvalue weighted by Crippen LogP contribution is 2.40. The Bertz CT molecular complexity index is 6200. The Morgan fingerprint density at radius 1 is 0.336 bits per heavy atom. The molecule has 0 N–H and O–H groups in total. The van der Waals surface area contributed by atoms with Crippen LogP contribution in [0.15, 0.2) is 289 Å². The van der Waals surface area contributed by atoms with Crippen molar-refractivity contribution in [2.24, 2.45) is 56.4 Å². The van der Waals surface area contributed by atoms with Gasteiger partial charge in [-0.3, -0.25) is 4.98 Å². The van der Waals surface area contributed by atoms with Gasteiger partial charge in [0, 0.05) is 17.2 Å². The molecule has 12 heterocycles. The Balaban J connectivity index is 0.000000130. The fourth-order valence-electron chi connectivity index (χ4n) is 15.0. The van der Waals surface area contributed by atoms with Crippen molar-refractivity contribution in [3.05, 3.63) is 317 Å². The van der Waals surface area contributed by atoms with E-state index in [1.165, 1.54) is 33.4 Å². The minimum atomic E-state index is 0.273. The topological polar surface area (TPSA) is 161 Å². The normalized spacial score (nSPS) is 11.4. The van der Waals surface area contributed by atoms with Crippen LogP contribution >= 0.6 is 0 Å². The number of hydrogen-bond acceptors (Lipinski definition) is 7. The van der Waals surface area contributed by atoms with Gasteiger partial charge in [0.05, 0.1) is 87.0 Å². The van der Waals surface area contributed by atoms with E-state index in [4.69, 9.17) is 19.9 Å². The van der Waals surface area contributed by atoms with Crippen LogP contribution in [0.5, 0.6) is 0 Å². The van der Waals surface area contributed by atoms with Crippen LogP contribution in [0.3, 0.4) is 0 Å². The Morgan fingerprint density at radius 2 is 0.698 bits per heavy atom. The molecule has 6 aromatic carbocycles. The molecule has 580 valence electrons.